The van der Waals surface area contributed by atoms with Gasteiger partial charge in [0, 0.05) is 10.9 Å². The molecule has 0 spiro atoms. The van der Waals surface area contributed by atoms with Gasteiger partial charge < -0.3 is 14.6 Å². The van der Waals surface area contributed by atoms with Crippen LogP contribution in [0.3, 0.4) is 0 Å². The van der Waals surface area contributed by atoms with Gasteiger partial charge in [-0.25, -0.2) is 9.59 Å². The Morgan fingerprint density at radius 2 is 1.34 bits per heavy atom. The molecule has 0 unspecified atom stereocenters. The molecule has 0 amide bonds. The van der Waals surface area contributed by atoms with Crippen molar-refractivity contribution in [2.75, 3.05) is 13.2 Å². The fourth-order valence-corrected chi connectivity index (χ4v) is 3.02. The summed E-state index contributed by atoms with van der Waals surface area (Å²) in [6.45, 7) is 3.62. The number of ether oxygens (including phenoxy) is 2. The van der Waals surface area contributed by atoms with Gasteiger partial charge in [0.1, 0.15) is 5.75 Å². The molecular formula is C23H20O6. The van der Waals surface area contributed by atoms with Crippen LogP contribution in [0.4, 0.5) is 0 Å². The molecule has 0 atom stereocenters. The number of phenols is 1. The molecule has 0 saturated heterocycles. The lowest BCUT2D eigenvalue weighted by Gasteiger charge is -2.11. The standard InChI is InChI=1S/C23H20O6/c1-3-28-22(26)16-11-15(12-17(13-16)23(27)29-4-2)20(24)19-10-9-14-7-5-6-8-18(14)21(19)25/h5-13,25H,3-4H2,1-2H3. The zero-order valence-electron chi connectivity index (χ0n) is 16.1. The van der Waals surface area contributed by atoms with Crippen LogP contribution in [0.5, 0.6) is 5.75 Å². The highest BCUT2D eigenvalue weighted by Gasteiger charge is 2.21. The molecule has 0 aliphatic heterocycles. The van der Waals surface area contributed by atoms with E-state index >= 15 is 0 Å². The summed E-state index contributed by atoms with van der Waals surface area (Å²) >= 11 is 0. The Labute approximate surface area is 167 Å². The van der Waals surface area contributed by atoms with Crippen molar-refractivity contribution in [3.05, 3.63) is 76.9 Å². The van der Waals surface area contributed by atoms with Crippen LogP contribution in [-0.2, 0) is 9.47 Å². The van der Waals surface area contributed by atoms with Crippen molar-refractivity contribution in [2.45, 2.75) is 13.8 Å². The van der Waals surface area contributed by atoms with Crippen LogP contribution in [-0.4, -0.2) is 36.0 Å². The van der Waals surface area contributed by atoms with Gasteiger partial charge in [-0.1, -0.05) is 30.3 Å². The molecule has 3 aromatic carbocycles. The number of hydrogen-bond acceptors (Lipinski definition) is 6. The van der Waals surface area contributed by atoms with Crippen molar-refractivity contribution >= 4 is 28.5 Å². The van der Waals surface area contributed by atoms with E-state index in [1.54, 1.807) is 32.0 Å². The summed E-state index contributed by atoms with van der Waals surface area (Å²) in [5.74, 6) is -2.00. The topological polar surface area (TPSA) is 89.9 Å². The van der Waals surface area contributed by atoms with E-state index in [0.717, 1.165) is 5.39 Å². The summed E-state index contributed by atoms with van der Waals surface area (Å²) in [6, 6.07) is 14.4. The van der Waals surface area contributed by atoms with Gasteiger partial charge in [0.15, 0.2) is 5.78 Å². The predicted molar refractivity (Wildman–Crippen MR) is 107 cm³/mol. The highest BCUT2D eigenvalue weighted by atomic mass is 16.5. The monoisotopic (exact) mass is 392 g/mol. The highest BCUT2D eigenvalue weighted by molar-refractivity contribution is 6.15. The predicted octanol–water partition coefficient (Wildman–Crippen LogP) is 4.13. The second-order valence-electron chi connectivity index (χ2n) is 6.25. The first-order chi connectivity index (χ1) is 14.0. The fourth-order valence-electron chi connectivity index (χ4n) is 3.02. The SMILES string of the molecule is CCOC(=O)c1cc(C(=O)OCC)cc(C(=O)c2ccc3ccccc3c2O)c1. The number of rotatable bonds is 6. The summed E-state index contributed by atoms with van der Waals surface area (Å²) < 4.78 is 9.99. The molecule has 0 bridgehead atoms. The number of aromatic hydroxyl groups is 1. The minimum Gasteiger partial charge on any atom is -0.507 e. The van der Waals surface area contributed by atoms with E-state index < -0.39 is 17.7 Å². The Morgan fingerprint density at radius 3 is 1.93 bits per heavy atom. The fraction of sp³-hybridized carbons (Fsp3) is 0.174. The molecule has 29 heavy (non-hydrogen) atoms. The number of carbonyl (C=O) groups is 3. The number of benzene rings is 3. The van der Waals surface area contributed by atoms with Crippen LogP contribution < -0.4 is 0 Å². The van der Waals surface area contributed by atoms with Gasteiger partial charge in [0.2, 0.25) is 0 Å². The Hall–Kier alpha value is -3.67. The average Bonchev–Trinajstić information content (AvgIpc) is 2.74. The van der Waals surface area contributed by atoms with Gasteiger partial charge in [0.25, 0.3) is 0 Å². The number of ketones is 1. The molecule has 0 fully saturated rings. The van der Waals surface area contributed by atoms with Crippen LogP contribution >= 0.6 is 0 Å². The molecule has 1 N–H and O–H groups in total. The third-order valence-electron chi connectivity index (χ3n) is 4.36. The quantitative estimate of drug-likeness (QED) is 0.501. The molecule has 0 heterocycles. The van der Waals surface area contributed by atoms with Crippen molar-refractivity contribution in [3.63, 3.8) is 0 Å². The smallest absolute Gasteiger partial charge is 0.338 e. The van der Waals surface area contributed by atoms with E-state index in [4.69, 9.17) is 9.47 Å². The third-order valence-corrected chi connectivity index (χ3v) is 4.36. The molecule has 0 saturated carbocycles. The average molecular weight is 392 g/mol. The van der Waals surface area contributed by atoms with Gasteiger partial charge >= 0.3 is 11.9 Å². The van der Waals surface area contributed by atoms with Gasteiger partial charge in [0.05, 0.1) is 29.9 Å². The second-order valence-corrected chi connectivity index (χ2v) is 6.25. The zero-order valence-corrected chi connectivity index (χ0v) is 16.1. The molecule has 6 heteroatoms. The minimum atomic E-state index is -0.657. The summed E-state index contributed by atoms with van der Waals surface area (Å²) in [6.07, 6.45) is 0. The molecule has 0 aromatic heterocycles. The van der Waals surface area contributed by atoms with Gasteiger partial charge in [-0.15, -0.1) is 0 Å². The number of phenolic OH excluding ortho intramolecular Hbond substituents is 1. The maximum Gasteiger partial charge on any atom is 0.338 e. The minimum absolute atomic E-state index is 0.0565. The number of fused-ring (bicyclic) bond motifs is 1. The molecule has 0 aliphatic rings. The van der Waals surface area contributed by atoms with Crippen molar-refractivity contribution in [3.8, 4) is 5.75 Å². The van der Waals surface area contributed by atoms with E-state index in [0.29, 0.717) is 5.39 Å². The third kappa shape index (κ3) is 4.11. The van der Waals surface area contributed by atoms with Crippen LogP contribution in [0.25, 0.3) is 10.8 Å². The molecule has 148 valence electrons. The summed E-state index contributed by atoms with van der Waals surface area (Å²) in [4.78, 5) is 37.5. The van der Waals surface area contributed by atoms with Crippen LogP contribution in [0.1, 0.15) is 50.5 Å². The summed E-state index contributed by atoms with van der Waals surface area (Å²) in [5.41, 5.74) is 0.255. The van der Waals surface area contributed by atoms with Crippen molar-refractivity contribution < 1.29 is 29.0 Å². The lowest BCUT2D eigenvalue weighted by atomic mass is 9.96. The van der Waals surface area contributed by atoms with Crippen molar-refractivity contribution in [1.82, 2.24) is 0 Å². The Morgan fingerprint density at radius 1 is 0.793 bits per heavy atom. The van der Waals surface area contributed by atoms with E-state index in [9.17, 15) is 19.5 Å². The molecule has 6 nitrogen and oxygen atoms in total. The van der Waals surface area contributed by atoms with E-state index in [1.807, 2.05) is 12.1 Å². The van der Waals surface area contributed by atoms with E-state index in [-0.39, 0.29) is 41.2 Å². The summed E-state index contributed by atoms with van der Waals surface area (Å²) in [5, 5.41) is 11.9. The highest BCUT2D eigenvalue weighted by Crippen LogP contribution is 2.30. The first-order valence-electron chi connectivity index (χ1n) is 9.21. The first kappa shape index (κ1) is 20.1. The number of carbonyl (C=O) groups excluding carboxylic acids is 3. The van der Waals surface area contributed by atoms with Crippen LogP contribution in [0, 0.1) is 0 Å². The van der Waals surface area contributed by atoms with Gasteiger partial charge in [-0.3, -0.25) is 4.79 Å². The normalized spacial score (nSPS) is 10.6. The number of hydrogen-bond donors (Lipinski definition) is 1. The molecule has 0 radical (unpaired) electrons. The lowest BCUT2D eigenvalue weighted by Crippen LogP contribution is -2.12. The van der Waals surface area contributed by atoms with Crippen LogP contribution in [0.15, 0.2) is 54.6 Å². The maximum absolute atomic E-state index is 13.1. The van der Waals surface area contributed by atoms with E-state index in [2.05, 4.69) is 0 Å². The summed E-state index contributed by atoms with van der Waals surface area (Å²) in [7, 11) is 0. The maximum atomic E-state index is 13.1. The zero-order chi connectivity index (χ0) is 21.0. The van der Waals surface area contributed by atoms with Crippen molar-refractivity contribution in [2.24, 2.45) is 0 Å². The van der Waals surface area contributed by atoms with Gasteiger partial charge in [-0.05, 0) is 43.5 Å². The van der Waals surface area contributed by atoms with Crippen LogP contribution in [0.2, 0.25) is 0 Å². The molecule has 3 aromatic rings. The Bertz CT molecular complexity index is 1060. The molecule has 0 aliphatic carbocycles. The van der Waals surface area contributed by atoms with Gasteiger partial charge in [-0.2, -0.15) is 0 Å². The second kappa shape index (κ2) is 8.56. The molecule has 3 rings (SSSR count). The number of esters is 2. The lowest BCUT2D eigenvalue weighted by molar-refractivity contribution is 0.0525. The largest absolute Gasteiger partial charge is 0.507 e. The molecular weight excluding hydrogens is 372 g/mol. The van der Waals surface area contributed by atoms with Crippen molar-refractivity contribution in [1.29, 1.82) is 0 Å². The Kier molecular flexibility index (Phi) is 5.93. The Balaban J connectivity index is 2.11. The first-order valence-corrected chi connectivity index (χ1v) is 9.21. The van der Waals surface area contributed by atoms with E-state index in [1.165, 1.54) is 24.3 Å².